The van der Waals surface area contributed by atoms with E-state index in [1.54, 1.807) is 7.11 Å². The van der Waals surface area contributed by atoms with Gasteiger partial charge in [0, 0.05) is 38.4 Å². The quantitative estimate of drug-likeness (QED) is 0.288. The van der Waals surface area contributed by atoms with E-state index in [0.29, 0.717) is 48.1 Å². The van der Waals surface area contributed by atoms with E-state index in [9.17, 15) is 10.1 Å². The van der Waals surface area contributed by atoms with Gasteiger partial charge in [0.05, 0.1) is 26.5 Å². The zero-order valence-corrected chi connectivity index (χ0v) is 19.3. The van der Waals surface area contributed by atoms with Crippen LogP contribution in [0.4, 0.5) is 17.2 Å². The lowest BCUT2D eigenvalue weighted by molar-refractivity contribution is -0.390. The molecule has 11 nitrogen and oxygen atoms in total. The predicted octanol–water partition coefficient (Wildman–Crippen LogP) is 2.90. The largest absolute Gasteiger partial charge is 0.479 e. The lowest BCUT2D eigenvalue weighted by Gasteiger charge is -2.31. The summed E-state index contributed by atoms with van der Waals surface area (Å²) < 4.78 is 11.2. The minimum Gasteiger partial charge on any atom is -0.479 e. The summed E-state index contributed by atoms with van der Waals surface area (Å²) in [6.07, 6.45) is 2.54. The van der Waals surface area contributed by atoms with Crippen LogP contribution in [0.25, 0.3) is 11.3 Å². The van der Waals surface area contributed by atoms with Crippen molar-refractivity contribution in [3.05, 3.63) is 46.8 Å². The van der Waals surface area contributed by atoms with Gasteiger partial charge in [0.25, 0.3) is 0 Å². The molecule has 0 N–H and O–H groups in total. The number of methoxy groups -OCH3 is 1. The number of hydrogen-bond donors (Lipinski definition) is 0. The first-order chi connectivity index (χ1) is 16.0. The predicted molar refractivity (Wildman–Crippen MR) is 124 cm³/mol. The number of nitro groups is 1. The zero-order valence-electron chi connectivity index (χ0n) is 18.5. The third-order valence-electron chi connectivity index (χ3n) is 4.99. The zero-order chi connectivity index (χ0) is 23.4. The van der Waals surface area contributed by atoms with Crippen molar-refractivity contribution in [3.63, 3.8) is 0 Å². The highest BCUT2D eigenvalue weighted by Crippen LogP contribution is 2.39. The van der Waals surface area contributed by atoms with Gasteiger partial charge in [-0.2, -0.15) is 4.98 Å². The Morgan fingerprint density at radius 3 is 2.48 bits per heavy atom. The van der Waals surface area contributed by atoms with Crippen LogP contribution in [0.5, 0.6) is 5.88 Å². The SMILES string of the molecule is COc1nc(Sc2cncc([N+](=O)[O-])n2)nc(-c2ccc(N(C)C)cc2)c1N1CCOCC1. The Morgan fingerprint density at radius 2 is 1.85 bits per heavy atom. The minimum absolute atomic E-state index is 0.319. The van der Waals surface area contributed by atoms with Crippen LogP contribution in [0.3, 0.4) is 0 Å². The fraction of sp³-hybridized carbons (Fsp3) is 0.333. The molecule has 1 aliphatic rings. The number of morpholine rings is 1. The Morgan fingerprint density at radius 1 is 1.12 bits per heavy atom. The van der Waals surface area contributed by atoms with Crippen molar-refractivity contribution in [2.75, 3.05) is 57.3 Å². The first-order valence-corrected chi connectivity index (χ1v) is 11.0. The van der Waals surface area contributed by atoms with Gasteiger partial charge >= 0.3 is 5.82 Å². The van der Waals surface area contributed by atoms with Gasteiger partial charge in [0.15, 0.2) is 5.16 Å². The summed E-state index contributed by atoms with van der Waals surface area (Å²) in [5.41, 5.74) is 3.45. The van der Waals surface area contributed by atoms with E-state index in [1.165, 1.54) is 6.20 Å². The molecule has 1 aliphatic heterocycles. The third-order valence-corrected chi connectivity index (χ3v) is 5.76. The lowest BCUT2D eigenvalue weighted by Crippen LogP contribution is -2.37. The van der Waals surface area contributed by atoms with Gasteiger partial charge in [-0.3, -0.25) is 4.98 Å². The minimum atomic E-state index is -0.586. The molecule has 0 radical (unpaired) electrons. The Labute approximate surface area is 194 Å². The molecule has 33 heavy (non-hydrogen) atoms. The summed E-state index contributed by atoms with van der Waals surface area (Å²) in [4.78, 5) is 32.0. The van der Waals surface area contributed by atoms with Gasteiger partial charge in [0.1, 0.15) is 17.6 Å². The number of nitrogens with zero attached hydrogens (tertiary/aromatic N) is 7. The Bertz CT molecular complexity index is 1140. The molecular weight excluding hydrogens is 446 g/mol. The maximum Gasteiger partial charge on any atom is 0.383 e. The molecule has 1 fully saturated rings. The number of rotatable bonds is 7. The smallest absolute Gasteiger partial charge is 0.383 e. The van der Waals surface area contributed by atoms with Crippen LogP contribution in [0.1, 0.15) is 0 Å². The van der Waals surface area contributed by atoms with E-state index in [2.05, 4.69) is 19.9 Å². The van der Waals surface area contributed by atoms with Gasteiger partial charge in [-0.1, -0.05) is 12.1 Å². The summed E-state index contributed by atoms with van der Waals surface area (Å²) in [6.45, 7) is 2.57. The van der Waals surface area contributed by atoms with Crippen molar-refractivity contribution < 1.29 is 14.4 Å². The van der Waals surface area contributed by atoms with E-state index in [0.717, 1.165) is 34.9 Å². The van der Waals surface area contributed by atoms with Crippen LogP contribution in [0.2, 0.25) is 0 Å². The van der Waals surface area contributed by atoms with E-state index >= 15 is 0 Å². The van der Waals surface area contributed by atoms with E-state index < -0.39 is 4.92 Å². The van der Waals surface area contributed by atoms with Gasteiger partial charge in [-0.15, -0.1) is 0 Å². The molecule has 12 heteroatoms. The normalized spacial score (nSPS) is 13.6. The summed E-state index contributed by atoms with van der Waals surface area (Å²) in [5.74, 6) is 0.0795. The molecule has 1 aromatic carbocycles. The number of hydrogen-bond acceptors (Lipinski definition) is 11. The number of ether oxygens (including phenoxy) is 2. The highest BCUT2D eigenvalue weighted by molar-refractivity contribution is 7.99. The van der Waals surface area contributed by atoms with E-state index in [-0.39, 0.29) is 5.82 Å². The molecule has 4 rings (SSSR count). The maximum atomic E-state index is 11.1. The first-order valence-electron chi connectivity index (χ1n) is 10.2. The molecule has 3 aromatic rings. The fourth-order valence-electron chi connectivity index (χ4n) is 3.36. The van der Waals surface area contributed by atoms with Gasteiger partial charge in [-0.25, -0.2) is 4.98 Å². The van der Waals surface area contributed by atoms with Crippen molar-refractivity contribution in [3.8, 4) is 17.1 Å². The Hall–Kier alpha value is -3.51. The Balaban J connectivity index is 1.80. The van der Waals surface area contributed by atoms with E-state index in [1.807, 2.05) is 43.3 Å². The van der Waals surface area contributed by atoms with Crippen molar-refractivity contribution in [2.45, 2.75) is 10.2 Å². The topological polar surface area (TPSA) is 120 Å². The summed E-state index contributed by atoms with van der Waals surface area (Å²) in [5, 5.41) is 11.7. The highest BCUT2D eigenvalue weighted by Gasteiger charge is 2.25. The molecule has 3 heterocycles. The van der Waals surface area contributed by atoms with Crippen molar-refractivity contribution in [2.24, 2.45) is 0 Å². The van der Waals surface area contributed by atoms with Crippen LogP contribution in [-0.4, -0.2) is 72.4 Å². The molecule has 0 bridgehead atoms. The second-order valence-electron chi connectivity index (χ2n) is 7.33. The molecule has 0 atom stereocenters. The number of benzene rings is 1. The maximum absolute atomic E-state index is 11.1. The van der Waals surface area contributed by atoms with Gasteiger partial charge in [0.2, 0.25) is 10.9 Å². The van der Waals surface area contributed by atoms with Crippen molar-refractivity contribution in [1.29, 1.82) is 0 Å². The van der Waals surface area contributed by atoms with Crippen molar-refractivity contribution in [1.82, 2.24) is 19.9 Å². The average molecular weight is 470 g/mol. The summed E-state index contributed by atoms with van der Waals surface area (Å²) in [7, 11) is 5.53. The molecule has 0 saturated carbocycles. The highest BCUT2D eigenvalue weighted by atomic mass is 32.2. The lowest BCUT2D eigenvalue weighted by atomic mass is 10.1. The average Bonchev–Trinajstić information content (AvgIpc) is 2.84. The summed E-state index contributed by atoms with van der Waals surface area (Å²) >= 11 is 1.09. The van der Waals surface area contributed by atoms with Crippen LogP contribution >= 0.6 is 11.8 Å². The van der Waals surface area contributed by atoms with Gasteiger partial charge in [-0.05, 0) is 33.8 Å². The number of anilines is 2. The first kappa shape index (κ1) is 22.7. The summed E-state index contributed by atoms with van der Waals surface area (Å²) in [6, 6.07) is 8.04. The van der Waals surface area contributed by atoms with Crippen LogP contribution < -0.4 is 14.5 Å². The van der Waals surface area contributed by atoms with E-state index in [4.69, 9.17) is 14.5 Å². The molecule has 172 valence electrons. The number of aromatic nitrogens is 4. The van der Waals surface area contributed by atoms with Crippen molar-refractivity contribution >= 4 is 29.0 Å². The molecule has 0 spiro atoms. The molecule has 0 amide bonds. The molecule has 0 aliphatic carbocycles. The molecule has 2 aromatic heterocycles. The fourth-order valence-corrected chi connectivity index (χ4v) is 4.07. The standard InChI is InChI=1S/C21H23N7O4S/c1-26(2)15-6-4-14(5-7-15)18-19(27-8-10-32-11-9-27)20(31-3)25-21(24-18)33-17-13-22-12-16(23-17)28(29)30/h4-7,12-13H,8-11H2,1-3H3. The molecule has 1 saturated heterocycles. The molecule has 0 unspecified atom stereocenters. The Kier molecular flexibility index (Phi) is 6.84. The molecular formula is C21H23N7O4S. The monoisotopic (exact) mass is 469 g/mol. The third kappa shape index (κ3) is 5.12. The van der Waals surface area contributed by atoms with Crippen LogP contribution in [0.15, 0.2) is 46.8 Å². The van der Waals surface area contributed by atoms with Crippen LogP contribution in [-0.2, 0) is 4.74 Å². The van der Waals surface area contributed by atoms with Gasteiger partial charge < -0.3 is 29.4 Å². The van der Waals surface area contributed by atoms with Crippen LogP contribution in [0, 0.1) is 10.1 Å². The second-order valence-corrected chi connectivity index (χ2v) is 8.32. The second kappa shape index (κ2) is 9.96.